The van der Waals surface area contributed by atoms with E-state index in [-0.39, 0.29) is 0 Å². The van der Waals surface area contributed by atoms with Crippen molar-refractivity contribution >= 4 is 24.1 Å². The molecule has 5 heteroatoms. The molecule has 0 fully saturated rings. The Morgan fingerprint density at radius 1 is 1.75 bits per heavy atom. The Kier molecular flexibility index (Phi) is 6.55. The Morgan fingerprint density at radius 2 is 2.42 bits per heavy atom. The van der Waals surface area contributed by atoms with Crippen LogP contribution in [0.2, 0.25) is 0 Å². The number of nitrogens with one attached hydrogen (secondary N) is 1. The second-order valence-electron chi connectivity index (χ2n) is 2.31. The van der Waals surface area contributed by atoms with E-state index < -0.39 is 12.0 Å². The summed E-state index contributed by atoms with van der Waals surface area (Å²) in [5.41, 5.74) is 0. The first-order valence-electron chi connectivity index (χ1n) is 3.63. The number of thioether (sulfide) groups is 1. The number of carboxylic acid groups (broad SMARTS) is 1. The molecule has 0 spiro atoms. The summed E-state index contributed by atoms with van der Waals surface area (Å²) in [6.45, 7) is 0. The molecule has 0 heterocycles. The third-order valence-electron chi connectivity index (χ3n) is 1.41. The molecule has 0 bridgehead atoms. The minimum atomic E-state index is -0.969. The van der Waals surface area contributed by atoms with Gasteiger partial charge < -0.3 is 10.4 Å². The quantitative estimate of drug-likeness (QED) is 0.449. The molecule has 0 rings (SSSR count). The van der Waals surface area contributed by atoms with Gasteiger partial charge in [-0.15, -0.1) is 0 Å². The summed E-state index contributed by atoms with van der Waals surface area (Å²) < 4.78 is 0. The van der Waals surface area contributed by atoms with E-state index in [9.17, 15) is 9.59 Å². The third-order valence-corrected chi connectivity index (χ3v) is 2.11. The molecule has 1 atom stereocenters. The Morgan fingerprint density at radius 3 is 2.83 bits per heavy atom. The van der Waals surface area contributed by atoms with E-state index in [4.69, 9.17) is 5.11 Å². The number of rotatable bonds is 7. The number of hydrogen-bond donors (Lipinski definition) is 2. The molecule has 0 aliphatic rings. The molecule has 0 aliphatic carbocycles. The van der Waals surface area contributed by atoms with E-state index in [1.807, 2.05) is 6.26 Å². The highest BCUT2D eigenvalue weighted by Gasteiger charge is 2.14. The van der Waals surface area contributed by atoms with E-state index in [1.165, 1.54) is 0 Å². The number of carbonyl (C=O) groups is 2. The molecule has 0 saturated heterocycles. The fourth-order valence-corrected chi connectivity index (χ4v) is 1.25. The first-order valence-corrected chi connectivity index (χ1v) is 5.03. The lowest BCUT2D eigenvalue weighted by molar-refractivity contribution is -0.140. The van der Waals surface area contributed by atoms with Crippen molar-refractivity contribution in [3.63, 3.8) is 0 Å². The Labute approximate surface area is 75.7 Å². The number of carbonyl (C=O) groups excluding carboxylic acids is 1. The maximum absolute atomic E-state index is 10.5. The molecule has 0 aliphatic heterocycles. The molecule has 70 valence electrons. The molecule has 0 aromatic heterocycles. The van der Waals surface area contributed by atoms with Gasteiger partial charge in [0.2, 0.25) is 6.41 Å². The van der Waals surface area contributed by atoms with Gasteiger partial charge >= 0.3 is 5.97 Å². The highest BCUT2D eigenvalue weighted by atomic mass is 32.2. The summed E-state index contributed by atoms with van der Waals surface area (Å²) >= 11 is 1.66. The molecule has 1 amide bonds. The lowest BCUT2D eigenvalue weighted by atomic mass is 10.2. The molecule has 2 N–H and O–H groups in total. The Hall–Kier alpha value is -0.710. The van der Waals surface area contributed by atoms with Gasteiger partial charge in [-0.1, -0.05) is 0 Å². The van der Waals surface area contributed by atoms with Gasteiger partial charge in [-0.25, -0.2) is 4.79 Å². The fraction of sp³-hybridized carbons (Fsp3) is 0.714. The topological polar surface area (TPSA) is 66.4 Å². The van der Waals surface area contributed by atoms with E-state index in [1.54, 1.807) is 11.8 Å². The fourth-order valence-electron chi connectivity index (χ4n) is 0.792. The zero-order valence-corrected chi connectivity index (χ0v) is 7.76. The number of aliphatic carboxylic acids is 1. The number of hydrogen-bond acceptors (Lipinski definition) is 3. The van der Waals surface area contributed by atoms with E-state index in [0.29, 0.717) is 12.8 Å². The third kappa shape index (κ3) is 5.01. The van der Waals surface area contributed by atoms with Gasteiger partial charge in [0.15, 0.2) is 0 Å². The summed E-state index contributed by atoms with van der Waals surface area (Å²) in [6.07, 6.45) is 3.69. The molecular weight excluding hydrogens is 178 g/mol. The average molecular weight is 191 g/mol. The highest BCUT2D eigenvalue weighted by molar-refractivity contribution is 7.98. The van der Waals surface area contributed by atoms with Gasteiger partial charge in [-0.3, -0.25) is 4.79 Å². The van der Waals surface area contributed by atoms with Gasteiger partial charge in [0.1, 0.15) is 6.04 Å². The van der Waals surface area contributed by atoms with Gasteiger partial charge in [-0.05, 0) is 24.9 Å². The van der Waals surface area contributed by atoms with Crippen LogP contribution in [0.5, 0.6) is 0 Å². The van der Waals surface area contributed by atoms with Crippen LogP contribution in [-0.2, 0) is 9.59 Å². The van der Waals surface area contributed by atoms with Crippen LogP contribution in [0.25, 0.3) is 0 Å². The normalized spacial score (nSPS) is 12.1. The molecule has 0 aromatic carbocycles. The van der Waals surface area contributed by atoms with Crippen LogP contribution in [0, 0.1) is 0 Å². The average Bonchev–Trinajstić information content (AvgIpc) is 2.03. The van der Waals surface area contributed by atoms with Crippen molar-refractivity contribution in [2.24, 2.45) is 0 Å². The van der Waals surface area contributed by atoms with Crippen LogP contribution in [0.1, 0.15) is 12.8 Å². The van der Waals surface area contributed by atoms with Crippen molar-refractivity contribution in [1.29, 1.82) is 0 Å². The monoisotopic (exact) mass is 191 g/mol. The lowest BCUT2D eigenvalue weighted by Gasteiger charge is -2.09. The number of carboxylic acids is 1. The summed E-state index contributed by atoms with van der Waals surface area (Å²) in [5, 5.41) is 10.8. The molecule has 1 unspecified atom stereocenters. The first-order chi connectivity index (χ1) is 5.72. The smallest absolute Gasteiger partial charge is 0.326 e. The van der Waals surface area contributed by atoms with E-state index in [2.05, 4.69) is 5.32 Å². The predicted molar refractivity (Wildman–Crippen MR) is 48.2 cm³/mol. The number of amides is 1. The summed E-state index contributed by atoms with van der Waals surface area (Å²) in [7, 11) is 0. The van der Waals surface area contributed by atoms with E-state index in [0.717, 1.165) is 12.2 Å². The molecular formula is C7H13NO3S. The van der Waals surface area contributed by atoms with Crippen LogP contribution in [0.3, 0.4) is 0 Å². The lowest BCUT2D eigenvalue weighted by Crippen LogP contribution is -2.35. The van der Waals surface area contributed by atoms with Crippen molar-refractivity contribution in [3.8, 4) is 0 Å². The SMILES string of the molecule is CSCCCC(NC=O)C(=O)O. The van der Waals surface area contributed by atoms with Crippen LogP contribution in [0.15, 0.2) is 0 Å². The van der Waals surface area contributed by atoms with Crippen molar-refractivity contribution < 1.29 is 14.7 Å². The zero-order chi connectivity index (χ0) is 9.40. The maximum Gasteiger partial charge on any atom is 0.326 e. The van der Waals surface area contributed by atoms with Crippen molar-refractivity contribution in [1.82, 2.24) is 5.32 Å². The van der Waals surface area contributed by atoms with E-state index >= 15 is 0 Å². The van der Waals surface area contributed by atoms with Crippen molar-refractivity contribution in [2.45, 2.75) is 18.9 Å². The molecule has 0 aromatic rings. The second-order valence-corrected chi connectivity index (χ2v) is 3.30. The summed E-state index contributed by atoms with van der Waals surface area (Å²) in [6, 6.07) is -0.727. The largest absolute Gasteiger partial charge is 0.480 e. The Balaban J connectivity index is 3.63. The first kappa shape index (κ1) is 11.3. The second kappa shape index (κ2) is 6.97. The van der Waals surface area contributed by atoms with Crippen LogP contribution in [-0.4, -0.2) is 35.5 Å². The molecule has 0 saturated carbocycles. The molecule has 12 heavy (non-hydrogen) atoms. The highest BCUT2D eigenvalue weighted by Crippen LogP contribution is 2.02. The minimum absolute atomic E-state index is 0.428. The predicted octanol–water partition coefficient (Wildman–Crippen LogP) is 0.329. The minimum Gasteiger partial charge on any atom is -0.480 e. The van der Waals surface area contributed by atoms with Crippen LogP contribution in [0.4, 0.5) is 0 Å². The maximum atomic E-state index is 10.5. The van der Waals surface area contributed by atoms with Gasteiger partial charge in [-0.2, -0.15) is 11.8 Å². The summed E-state index contributed by atoms with van der Waals surface area (Å²) in [4.78, 5) is 20.4. The van der Waals surface area contributed by atoms with Crippen molar-refractivity contribution in [3.05, 3.63) is 0 Å². The van der Waals surface area contributed by atoms with Gasteiger partial charge in [0.05, 0.1) is 0 Å². The van der Waals surface area contributed by atoms with Crippen molar-refractivity contribution in [2.75, 3.05) is 12.0 Å². The van der Waals surface area contributed by atoms with Gasteiger partial charge in [0, 0.05) is 0 Å². The summed E-state index contributed by atoms with van der Waals surface area (Å²) in [5.74, 6) is -0.0483. The standard InChI is InChI=1S/C7H13NO3S/c1-12-4-2-3-6(7(10)11)8-5-9/h5-6H,2-4H2,1H3,(H,8,9)(H,10,11). The van der Waals surface area contributed by atoms with Crippen LogP contribution >= 0.6 is 11.8 Å². The van der Waals surface area contributed by atoms with Gasteiger partial charge in [0.25, 0.3) is 0 Å². The zero-order valence-electron chi connectivity index (χ0n) is 6.95. The molecule has 0 radical (unpaired) electrons. The molecule has 4 nitrogen and oxygen atoms in total. The Bertz CT molecular complexity index is 152. The van der Waals surface area contributed by atoms with Crippen LogP contribution < -0.4 is 5.32 Å².